The van der Waals surface area contributed by atoms with Crippen molar-refractivity contribution in [2.75, 3.05) is 0 Å². The van der Waals surface area contributed by atoms with E-state index in [0.717, 1.165) is 23.4 Å². The van der Waals surface area contributed by atoms with Crippen LogP contribution in [0.15, 0.2) is 23.2 Å². The SMILES string of the molecule is O=C=NC1Cc2cccc(Cl)c2C1. The van der Waals surface area contributed by atoms with Gasteiger partial charge < -0.3 is 0 Å². The van der Waals surface area contributed by atoms with Crippen molar-refractivity contribution in [3.8, 4) is 0 Å². The van der Waals surface area contributed by atoms with Crippen molar-refractivity contribution in [3.05, 3.63) is 34.3 Å². The largest absolute Gasteiger partial charge is 0.235 e. The minimum Gasteiger partial charge on any atom is -0.211 e. The normalized spacial score (nSPS) is 19.3. The number of fused-ring (bicyclic) bond motifs is 1. The van der Waals surface area contributed by atoms with Gasteiger partial charge in [-0.05, 0) is 30.0 Å². The molecule has 0 aromatic heterocycles. The maximum atomic E-state index is 10.1. The highest BCUT2D eigenvalue weighted by molar-refractivity contribution is 6.31. The third kappa shape index (κ3) is 1.51. The molecule has 0 radical (unpaired) electrons. The minimum atomic E-state index is 0.0485. The molecular formula is C10H8ClNO. The van der Waals surface area contributed by atoms with Gasteiger partial charge in [-0.15, -0.1) is 0 Å². The van der Waals surface area contributed by atoms with Gasteiger partial charge >= 0.3 is 0 Å². The number of benzene rings is 1. The Morgan fingerprint density at radius 1 is 1.46 bits per heavy atom. The van der Waals surface area contributed by atoms with Gasteiger partial charge in [0, 0.05) is 5.02 Å². The van der Waals surface area contributed by atoms with Crippen LogP contribution in [-0.2, 0) is 17.6 Å². The van der Waals surface area contributed by atoms with Crippen molar-refractivity contribution in [3.63, 3.8) is 0 Å². The third-order valence-corrected chi connectivity index (χ3v) is 2.70. The minimum absolute atomic E-state index is 0.0485. The lowest BCUT2D eigenvalue weighted by Crippen LogP contribution is -2.01. The quantitative estimate of drug-likeness (QED) is 0.496. The highest BCUT2D eigenvalue weighted by atomic mass is 35.5. The molecule has 0 saturated carbocycles. The molecule has 1 aromatic carbocycles. The first-order valence-corrected chi connectivity index (χ1v) is 4.52. The number of hydrogen-bond donors (Lipinski definition) is 0. The van der Waals surface area contributed by atoms with E-state index >= 15 is 0 Å². The van der Waals surface area contributed by atoms with Gasteiger partial charge in [-0.2, -0.15) is 0 Å². The molecule has 1 aliphatic rings. The molecule has 0 bridgehead atoms. The molecule has 66 valence electrons. The molecule has 0 amide bonds. The summed E-state index contributed by atoms with van der Waals surface area (Å²) in [5, 5.41) is 0.779. The van der Waals surface area contributed by atoms with E-state index in [9.17, 15) is 4.79 Å². The van der Waals surface area contributed by atoms with E-state index in [0.29, 0.717) is 0 Å². The molecule has 1 unspecified atom stereocenters. The smallest absolute Gasteiger partial charge is 0.211 e. The van der Waals surface area contributed by atoms with Gasteiger partial charge in [-0.25, -0.2) is 9.79 Å². The number of rotatable bonds is 1. The van der Waals surface area contributed by atoms with Crippen LogP contribution in [0.1, 0.15) is 11.1 Å². The van der Waals surface area contributed by atoms with E-state index in [4.69, 9.17) is 11.6 Å². The molecule has 0 aliphatic heterocycles. The highest BCUT2D eigenvalue weighted by Gasteiger charge is 2.22. The van der Waals surface area contributed by atoms with E-state index in [1.165, 1.54) is 5.56 Å². The summed E-state index contributed by atoms with van der Waals surface area (Å²) in [7, 11) is 0. The van der Waals surface area contributed by atoms with E-state index in [1.54, 1.807) is 6.08 Å². The first-order valence-electron chi connectivity index (χ1n) is 4.14. The molecule has 1 aromatic rings. The number of aliphatic imine (C=N–C) groups is 1. The molecule has 0 heterocycles. The van der Waals surface area contributed by atoms with Gasteiger partial charge in [0.15, 0.2) is 0 Å². The van der Waals surface area contributed by atoms with Crippen molar-refractivity contribution in [1.82, 2.24) is 0 Å². The molecule has 13 heavy (non-hydrogen) atoms. The summed E-state index contributed by atoms with van der Waals surface area (Å²) >= 11 is 5.99. The Hall–Kier alpha value is -1.11. The van der Waals surface area contributed by atoms with Crippen molar-refractivity contribution < 1.29 is 4.79 Å². The van der Waals surface area contributed by atoms with Crippen molar-refractivity contribution in [2.24, 2.45) is 4.99 Å². The number of nitrogens with zero attached hydrogens (tertiary/aromatic N) is 1. The molecule has 3 heteroatoms. The Morgan fingerprint density at radius 3 is 3.00 bits per heavy atom. The fraction of sp³-hybridized carbons (Fsp3) is 0.300. The number of halogens is 1. The fourth-order valence-corrected chi connectivity index (χ4v) is 2.02. The first-order chi connectivity index (χ1) is 6.31. The highest BCUT2D eigenvalue weighted by Crippen LogP contribution is 2.29. The van der Waals surface area contributed by atoms with E-state index < -0.39 is 0 Å². The second-order valence-electron chi connectivity index (χ2n) is 3.16. The molecule has 0 spiro atoms. The van der Waals surface area contributed by atoms with Gasteiger partial charge in [-0.3, -0.25) is 0 Å². The predicted molar refractivity (Wildman–Crippen MR) is 50.8 cm³/mol. The maximum absolute atomic E-state index is 10.1. The monoisotopic (exact) mass is 193 g/mol. The maximum Gasteiger partial charge on any atom is 0.235 e. The summed E-state index contributed by atoms with van der Waals surface area (Å²) < 4.78 is 0. The molecule has 0 fully saturated rings. The van der Waals surface area contributed by atoms with Crippen molar-refractivity contribution >= 4 is 17.7 Å². The summed E-state index contributed by atoms with van der Waals surface area (Å²) in [5.74, 6) is 0. The molecular weight excluding hydrogens is 186 g/mol. The van der Waals surface area contributed by atoms with Crippen LogP contribution in [0.5, 0.6) is 0 Å². The molecule has 0 N–H and O–H groups in total. The Balaban J connectivity index is 2.35. The van der Waals surface area contributed by atoms with E-state index in [2.05, 4.69) is 4.99 Å². The van der Waals surface area contributed by atoms with Gasteiger partial charge in [0.2, 0.25) is 6.08 Å². The number of hydrogen-bond acceptors (Lipinski definition) is 2. The number of carbonyl (C=O) groups excluding carboxylic acids is 1. The predicted octanol–water partition coefficient (Wildman–Crippen LogP) is 2.14. The van der Waals surface area contributed by atoms with Gasteiger partial charge in [-0.1, -0.05) is 23.7 Å². The van der Waals surface area contributed by atoms with E-state index in [-0.39, 0.29) is 6.04 Å². The van der Waals surface area contributed by atoms with E-state index in [1.807, 2.05) is 18.2 Å². The van der Waals surface area contributed by atoms with Crippen LogP contribution < -0.4 is 0 Å². The Labute approximate surface area is 81.2 Å². The summed E-state index contributed by atoms with van der Waals surface area (Å²) in [6.07, 6.45) is 3.17. The average molecular weight is 194 g/mol. The molecule has 2 rings (SSSR count). The summed E-state index contributed by atoms with van der Waals surface area (Å²) in [6.45, 7) is 0. The molecule has 1 atom stereocenters. The lowest BCUT2D eigenvalue weighted by Gasteiger charge is -1.98. The zero-order valence-corrected chi connectivity index (χ0v) is 7.71. The topological polar surface area (TPSA) is 29.4 Å². The number of isocyanates is 1. The lowest BCUT2D eigenvalue weighted by atomic mass is 10.1. The van der Waals surface area contributed by atoms with Crippen LogP contribution in [0, 0.1) is 0 Å². The molecule has 0 saturated heterocycles. The van der Waals surface area contributed by atoms with Crippen molar-refractivity contribution in [1.29, 1.82) is 0 Å². The van der Waals surface area contributed by atoms with Gasteiger partial charge in [0.25, 0.3) is 0 Å². The zero-order valence-electron chi connectivity index (χ0n) is 6.96. The van der Waals surface area contributed by atoms with Gasteiger partial charge in [0.1, 0.15) is 0 Å². The summed E-state index contributed by atoms with van der Waals surface area (Å²) in [6, 6.07) is 5.87. The summed E-state index contributed by atoms with van der Waals surface area (Å²) in [5.41, 5.74) is 2.34. The standard InChI is InChI=1S/C10H8ClNO/c11-10-3-1-2-7-4-8(12-6-13)5-9(7)10/h1-3,8H,4-5H2. The lowest BCUT2D eigenvalue weighted by molar-refractivity contribution is 0.557. The Bertz CT molecular complexity index is 383. The second kappa shape index (κ2) is 3.33. The van der Waals surface area contributed by atoms with Gasteiger partial charge in [0.05, 0.1) is 6.04 Å². The third-order valence-electron chi connectivity index (χ3n) is 2.35. The van der Waals surface area contributed by atoms with Crippen LogP contribution in [-0.4, -0.2) is 12.1 Å². The second-order valence-corrected chi connectivity index (χ2v) is 3.57. The van der Waals surface area contributed by atoms with Crippen LogP contribution in [0.2, 0.25) is 5.02 Å². The van der Waals surface area contributed by atoms with Crippen LogP contribution in [0.4, 0.5) is 0 Å². The molecule has 1 aliphatic carbocycles. The zero-order chi connectivity index (χ0) is 9.26. The Morgan fingerprint density at radius 2 is 2.31 bits per heavy atom. The fourth-order valence-electron chi connectivity index (χ4n) is 1.75. The summed E-state index contributed by atoms with van der Waals surface area (Å²) in [4.78, 5) is 13.8. The van der Waals surface area contributed by atoms with Crippen LogP contribution in [0.25, 0.3) is 0 Å². The molecule has 2 nitrogen and oxygen atoms in total. The Kier molecular flexibility index (Phi) is 2.17. The van der Waals surface area contributed by atoms with Crippen LogP contribution >= 0.6 is 11.6 Å². The average Bonchev–Trinajstić information content (AvgIpc) is 2.49. The van der Waals surface area contributed by atoms with Crippen molar-refractivity contribution in [2.45, 2.75) is 18.9 Å². The first kappa shape index (κ1) is 8.49. The van der Waals surface area contributed by atoms with Crippen LogP contribution in [0.3, 0.4) is 0 Å².